The molecular weight excluding hydrogens is 186 g/mol. The van der Waals surface area contributed by atoms with Crippen molar-refractivity contribution in [2.45, 2.75) is 38.6 Å². The molecule has 15 heavy (non-hydrogen) atoms. The predicted molar refractivity (Wildman–Crippen MR) is 63.8 cm³/mol. The summed E-state index contributed by atoms with van der Waals surface area (Å²) in [6.07, 6.45) is 1.62. The van der Waals surface area contributed by atoms with Crippen LogP contribution in [0.15, 0.2) is 24.3 Å². The Hall–Kier alpha value is -0.860. The number of hydrogen-bond acceptors (Lipinski definition) is 2. The van der Waals surface area contributed by atoms with Crippen molar-refractivity contribution in [3.05, 3.63) is 35.4 Å². The molecular formula is C13H21NO. The minimum Gasteiger partial charge on any atom is -0.396 e. The van der Waals surface area contributed by atoms with Crippen LogP contribution in [0.4, 0.5) is 0 Å². The third-order valence-corrected chi connectivity index (χ3v) is 2.68. The van der Waals surface area contributed by atoms with Crippen LogP contribution in [0.5, 0.6) is 0 Å². The maximum Gasteiger partial charge on any atom is 0.0431 e. The molecule has 0 radical (unpaired) electrons. The molecule has 0 unspecified atom stereocenters. The Bertz CT molecular complexity index is 296. The van der Waals surface area contributed by atoms with Crippen molar-refractivity contribution in [2.24, 2.45) is 5.73 Å². The number of hydrogen-bond donors (Lipinski definition) is 2. The summed E-state index contributed by atoms with van der Waals surface area (Å²) in [5.41, 5.74) is 8.54. The van der Waals surface area contributed by atoms with Gasteiger partial charge in [0.15, 0.2) is 0 Å². The summed E-state index contributed by atoms with van der Waals surface area (Å²) in [4.78, 5) is 0. The molecule has 1 aromatic carbocycles. The fourth-order valence-corrected chi connectivity index (χ4v) is 1.63. The Morgan fingerprint density at radius 2 is 1.93 bits per heavy atom. The molecule has 84 valence electrons. The van der Waals surface area contributed by atoms with Crippen molar-refractivity contribution in [1.82, 2.24) is 0 Å². The quantitative estimate of drug-likeness (QED) is 0.779. The highest BCUT2D eigenvalue weighted by Crippen LogP contribution is 2.21. The lowest BCUT2D eigenvalue weighted by atomic mass is 9.96. The van der Waals surface area contributed by atoms with Gasteiger partial charge < -0.3 is 10.8 Å². The monoisotopic (exact) mass is 207 g/mol. The second-order valence-electron chi connectivity index (χ2n) is 4.30. The van der Waals surface area contributed by atoms with Crippen LogP contribution >= 0.6 is 0 Å². The normalized spacial score (nSPS) is 13.1. The summed E-state index contributed by atoms with van der Waals surface area (Å²) < 4.78 is 0. The van der Waals surface area contributed by atoms with Crippen LogP contribution in [0.2, 0.25) is 0 Å². The molecule has 0 saturated carbocycles. The molecule has 0 aliphatic carbocycles. The molecule has 1 aromatic rings. The minimum absolute atomic E-state index is 0.0517. The van der Waals surface area contributed by atoms with Crippen molar-refractivity contribution >= 4 is 0 Å². The summed E-state index contributed by atoms with van der Waals surface area (Å²) >= 11 is 0. The van der Waals surface area contributed by atoms with Gasteiger partial charge in [-0.1, -0.05) is 38.1 Å². The SMILES string of the molecule is CC(C)c1cccc([C@@H](N)CCCO)c1. The lowest BCUT2D eigenvalue weighted by Crippen LogP contribution is -2.11. The van der Waals surface area contributed by atoms with Crippen LogP contribution in [-0.4, -0.2) is 11.7 Å². The van der Waals surface area contributed by atoms with Gasteiger partial charge in [0.25, 0.3) is 0 Å². The lowest BCUT2D eigenvalue weighted by molar-refractivity contribution is 0.280. The van der Waals surface area contributed by atoms with E-state index in [1.54, 1.807) is 0 Å². The second kappa shape index (κ2) is 5.89. The Balaban J connectivity index is 2.71. The third-order valence-electron chi connectivity index (χ3n) is 2.68. The van der Waals surface area contributed by atoms with E-state index in [2.05, 4.69) is 38.1 Å². The molecule has 0 amide bonds. The molecule has 0 bridgehead atoms. The first kappa shape index (κ1) is 12.2. The smallest absolute Gasteiger partial charge is 0.0431 e. The Morgan fingerprint density at radius 1 is 1.27 bits per heavy atom. The van der Waals surface area contributed by atoms with E-state index >= 15 is 0 Å². The fraction of sp³-hybridized carbons (Fsp3) is 0.538. The molecule has 0 aliphatic rings. The van der Waals surface area contributed by atoms with Gasteiger partial charge in [-0.3, -0.25) is 0 Å². The Kier molecular flexibility index (Phi) is 4.79. The predicted octanol–water partition coefficient (Wildman–Crippen LogP) is 2.58. The zero-order valence-corrected chi connectivity index (χ0v) is 9.61. The lowest BCUT2D eigenvalue weighted by Gasteiger charge is -2.14. The number of aliphatic hydroxyl groups excluding tert-OH is 1. The zero-order valence-electron chi connectivity index (χ0n) is 9.61. The summed E-state index contributed by atoms with van der Waals surface area (Å²) in [5, 5.41) is 8.75. The van der Waals surface area contributed by atoms with Crippen LogP contribution < -0.4 is 5.73 Å². The minimum atomic E-state index is 0.0517. The van der Waals surface area contributed by atoms with E-state index in [0.29, 0.717) is 5.92 Å². The van der Waals surface area contributed by atoms with Gasteiger partial charge in [0.2, 0.25) is 0 Å². The van der Waals surface area contributed by atoms with Gasteiger partial charge in [0.1, 0.15) is 0 Å². The fourth-order valence-electron chi connectivity index (χ4n) is 1.63. The molecule has 0 aromatic heterocycles. The van der Waals surface area contributed by atoms with Crippen LogP contribution in [0.1, 0.15) is 49.8 Å². The van der Waals surface area contributed by atoms with Crippen molar-refractivity contribution in [3.8, 4) is 0 Å². The van der Waals surface area contributed by atoms with Gasteiger partial charge in [0.05, 0.1) is 0 Å². The first-order valence-electron chi connectivity index (χ1n) is 5.61. The van der Waals surface area contributed by atoms with E-state index in [-0.39, 0.29) is 12.6 Å². The van der Waals surface area contributed by atoms with Crippen molar-refractivity contribution in [2.75, 3.05) is 6.61 Å². The van der Waals surface area contributed by atoms with E-state index in [1.165, 1.54) is 11.1 Å². The molecule has 2 nitrogen and oxygen atoms in total. The molecule has 3 N–H and O–H groups in total. The van der Waals surface area contributed by atoms with Crippen molar-refractivity contribution in [3.63, 3.8) is 0 Å². The molecule has 1 rings (SSSR count). The summed E-state index contributed by atoms with van der Waals surface area (Å²) in [5.74, 6) is 0.537. The van der Waals surface area contributed by atoms with Crippen molar-refractivity contribution < 1.29 is 5.11 Å². The zero-order chi connectivity index (χ0) is 11.3. The Morgan fingerprint density at radius 3 is 2.53 bits per heavy atom. The largest absolute Gasteiger partial charge is 0.396 e. The van der Waals surface area contributed by atoms with Crippen LogP contribution in [0.25, 0.3) is 0 Å². The van der Waals surface area contributed by atoms with Gasteiger partial charge in [-0.15, -0.1) is 0 Å². The summed E-state index contributed by atoms with van der Waals surface area (Å²) in [6, 6.07) is 8.48. The first-order chi connectivity index (χ1) is 7.15. The van der Waals surface area contributed by atoms with E-state index in [1.807, 2.05) is 0 Å². The van der Waals surface area contributed by atoms with Crippen molar-refractivity contribution in [1.29, 1.82) is 0 Å². The third kappa shape index (κ3) is 3.65. The second-order valence-corrected chi connectivity index (χ2v) is 4.30. The number of rotatable bonds is 5. The first-order valence-corrected chi connectivity index (χ1v) is 5.61. The highest BCUT2D eigenvalue weighted by Gasteiger charge is 2.07. The molecule has 0 fully saturated rings. The van der Waals surface area contributed by atoms with E-state index in [9.17, 15) is 0 Å². The highest BCUT2D eigenvalue weighted by molar-refractivity contribution is 5.27. The standard InChI is InChI=1S/C13H21NO/c1-10(2)11-5-3-6-12(9-11)13(14)7-4-8-15/h3,5-6,9-10,13,15H,4,7-8,14H2,1-2H3/t13-/m0/s1. The molecule has 0 aliphatic heterocycles. The average Bonchev–Trinajstić information content (AvgIpc) is 2.26. The van der Waals surface area contributed by atoms with Gasteiger partial charge in [0, 0.05) is 12.6 Å². The molecule has 2 heteroatoms. The van der Waals surface area contributed by atoms with Gasteiger partial charge in [-0.2, -0.15) is 0 Å². The Labute approximate surface area is 92.1 Å². The maximum absolute atomic E-state index is 8.75. The number of benzene rings is 1. The van der Waals surface area contributed by atoms with E-state index in [0.717, 1.165) is 12.8 Å². The summed E-state index contributed by atoms with van der Waals surface area (Å²) in [7, 11) is 0. The number of nitrogens with two attached hydrogens (primary N) is 1. The summed E-state index contributed by atoms with van der Waals surface area (Å²) in [6.45, 7) is 4.58. The maximum atomic E-state index is 8.75. The highest BCUT2D eigenvalue weighted by atomic mass is 16.2. The molecule has 0 spiro atoms. The number of aliphatic hydroxyl groups is 1. The molecule has 0 heterocycles. The average molecular weight is 207 g/mol. The van der Waals surface area contributed by atoms with Crippen LogP contribution in [0.3, 0.4) is 0 Å². The van der Waals surface area contributed by atoms with Crippen LogP contribution in [0, 0.1) is 0 Å². The van der Waals surface area contributed by atoms with E-state index < -0.39 is 0 Å². The van der Waals surface area contributed by atoms with Crippen LogP contribution in [-0.2, 0) is 0 Å². The van der Waals surface area contributed by atoms with Gasteiger partial charge >= 0.3 is 0 Å². The van der Waals surface area contributed by atoms with E-state index in [4.69, 9.17) is 10.8 Å². The van der Waals surface area contributed by atoms with Gasteiger partial charge in [-0.05, 0) is 29.9 Å². The topological polar surface area (TPSA) is 46.2 Å². The molecule has 1 atom stereocenters. The van der Waals surface area contributed by atoms with Gasteiger partial charge in [-0.25, -0.2) is 0 Å². The molecule has 0 saturated heterocycles.